The number of anilines is 1. The van der Waals surface area contributed by atoms with Gasteiger partial charge < -0.3 is 14.8 Å². The molecule has 3 rings (SSSR count). The Balaban J connectivity index is 1.78. The number of nitrogens with zero attached hydrogens (tertiary/aromatic N) is 1. The molecule has 0 radical (unpaired) electrons. The summed E-state index contributed by atoms with van der Waals surface area (Å²) in [5, 5.41) is 2.67. The number of methoxy groups -OCH3 is 1. The van der Waals surface area contributed by atoms with Crippen LogP contribution >= 0.6 is 15.9 Å². The minimum absolute atomic E-state index is 0.0574. The third-order valence-corrected chi connectivity index (χ3v) is 4.20. The molecule has 7 heteroatoms. The molecule has 2 aromatic carbocycles. The maximum absolute atomic E-state index is 13.9. The van der Waals surface area contributed by atoms with Crippen molar-refractivity contribution in [3.8, 4) is 11.5 Å². The molecule has 0 aliphatic heterocycles. The number of carbonyl (C=O) groups is 1. The van der Waals surface area contributed by atoms with Crippen LogP contribution in [0.1, 0.15) is 15.9 Å². The summed E-state index contributed by atoms with van der Waals surface area (Å²) < 4.78 is 25.6. The van der Waals surface area contributed by atoms with E-state index in [4.69, 9.17) is 9.47 Å². The summed E-state index contributed by atoms with van der Waals surface area (Å²) in [6, 6.07) is 12.9. The second-order valence-electron chi connectivity index (χ2n) is 5.59. The Morgan fingerprint density at radius 3 is 2.78 bits per heavy atom. The molecule has 0 bridgehead atoms. The lowest BCUT2D eigenvalue weighted by Crippen LogP contribution is -2.14. The average molecular weight is 431 g/mol. The molecule has 0 aliphatic carbocycles. The fraction of sp³-hybridized carbons (Fsp3) is 0.100. The molecule has 0 spiro atoms. The molecule has 138 valence electrons. The normalized spacial score (nSPS) is 10.3. The highest BCUT2D eigenvalue weighted by Gasteiger charge is 2.14. The van der Waals surface area contributed by atoms with Crippen molar-refractivity contribution in [2.45, 2.75) is 6.61 Å². The van der Waals surface area contributed by atoms with Crippen molar-refractivity contribution >= 4 is 27.5 Å². The van der Waals surface area contributed by atoms with E-state index in [0.717, 1.165) is 5.56 Å². The molecule has 0 unspecified atom stereocenters. The van der Waals surface area contributed by atoms with Crippen LogP contribution in [0.2, 0.25) is 0 Å². The minimum Gasteiger partial charge on any atom is -0.493 e. The Labute approximate surface area is 164 Å². The van der Waals surface area contributed by atoms with Crippen molar-refractivity contribution in [3.63, 3.8) is 0 Å². The summed E-state index contributed by atoms with van der Waals surface area (Å²) in [6.45, 7) is 0.294. The average Bonchev–Trinajstić information content (AvgIpc) is 2.69. The Hall–Kier alpha value is -2.93. The van der Waals surface area contributed by atoms with Gasteiger partial charge in [0.15, 0.2) is 11.5 Å². The molecule has 1 N–H and O–H groups in total. The van der Waals surface area contributed by atoms with E-state index in [-0.39, 0.29) is 5.56 Å². The Kier molecular flexibility index (Phi) is 6.03. The minimum atomic E-state index is -0.600. The van der Waals surface area contributed by atoms with E-state index in [1.165, 1.54) is 25.3 Å². The smallest absolute Gasteiger partial charge is 0.258 e. The number of nitrogens with one attached hydrogen (secondary N) is 1. The number of hydrogen-bond donors (Lipinski definition) is 1. The number of halogens is 2. The van der Waals surface area contributed by atoms with Crippen molar-refractivity contribution in [3.05, 3.63) is 82.3 Å². The Morgan fingerprint density at radius 2 is 2.04 bits per heavy atom. The van der Waals surface area contributed by atoms with Crippen LogP contribution in [0, 0.1) is 5.82 Å². The molecule has 5 nitrogen and oxygen atoms in total. The quantitative estimate of drug-likeness (QED) is 0.608. The third kappa shape index (κ3) is 4.83. The molecule has 1 amide bonds. The largest absolute Gasteiger partial charge is 0.493 e. The predicted molar refractivity (Wildman–Crippen MR) is 104 cm³/mol. The lowest BCUT2D eigenvalue weighted by molar-refractivity contribution is 0.102. The summed E-state index contributed by atoms with van der Waals surface area (Å²) in [5.74, 6) is -0.186. The number of ether oxygens (including phenoxy) is 2. The van der Waals surface area contributed by atoms with Gasteiger partial charge >= 0.3 is 0 Å². The van der Waals surface area contributed by atoms with Gasteiger partial charge in [-0.2, -0.15) is 0 Å². The molecule has 1 aromatic heterocycles. The maximum Gasteiger partial charge on any atom is 0.258 e. The van der Waals surface area contributed by atoms with E-state index in [1.807, 2.05) is 12.1 Å². The van der Waals surface area contributed by atoms with Gasteiger partial charge in [0, 0.05) is 34.2 Å². The highest BCUT2D eigenvalue weighted by molar-refractivity contribution is 9.10. The molecule has 1 heterocycles. The van der Waals surface area contributed by atoms with Crippen LogP contribution in [0.4, 0.5) is 10.1 Å². The number of carbonyl (C=O) groups excluding carboxylic acids is 1. The first-order valence-electron chi connectivity index (χ1n) is 8.03. The summed E-state index contributed by atoms with van der Waals surface area (Å²) in [7, 11) is 1.53. The number of amides is 1. The maximum atomic E-state index is 13.9. The number of rotatable bonds is 6. The summed E-state index contributed by atoms with van der Waals surface area (Å²) >= 11 is 3.23. The zero-order valence-electron chi connectivity index (χ0n) is 14.4. The van der Waals surface area contributed by atoms with Gasteiger partial charge in [0.2, 0.25) is 0 Å². The second kappa shape index (κ2) is 8.64. The number of pyridine rings is 1. The number of aromatic nitrogens is 1. The molecule has 0 saturated heterocycles. The zero-order chi connectivity index (χ0) is 19.2. The third-order valence-electron chi connectivity index (χ3n) is 3.71. The Bertz CT molecular complexity index is 951. The van der Waals surface area contributed by atoms with Crippen molar-refractivity contribution < 1.29 is 18.7 Å². The number of benzene rings is 2. The highest BCUT2D eigenvalue weighted by Crippen LogP contribution is 2.31. The molecule has 27 heavy (non-hydrogen) atoms. The van der Waals surface area contributed by atoms with Gasteiger partial charge in [-0.15, -0.1) is 0 Å². The van der Waals surface area contributed by atoms with Gasteiger partial charge in [-0.3, -0.25) is 9.78 Å². The number of hydrogen-bond acceptors (Lipinski definition) is 4. The van der Waals surface area contributed by atoms with Crippen LogP contribution in [0.3, 0.4) is 0 Å². The molecule has 0 saturated carbocycles. The molecule has 3 aromatic rings. The van der Waals surface area contributed by atoms with E-state index in [1.54, 1.807) is 30.6 Å². The Morgan fingerprint density at radius 1 is 1.19 bits per heavy atom. The fourth-order valence-corrected chi connectivity index (χ4v) is 2.74. The fourth-order valence-electron chi connectivity index (χ4n) is 2.38. The van der Waals surface area contributed by atoms with E-state index in [9.17, 15) is 9.18 Å². The van der Waals surface area contributed by atoms with E-state index in [0.29, 0.717) is 28.3 Å². The van der Waals surface area contributed by atoms with E-state index in [2.05, 4.69) is 26.2 Å². The first-order chi connectivity index (χ1) is 13.1. The SMILES string of the molecule is COc1ccc(NC(=O)c2cc(Br)ccc2F)cc1OCc1cccnc1. The van der Waals surface area contributed by atoms with E-state index < -0.39 is 11.7 Å². The van der Waals surface area contributed by atoms with Gasteiger partial charge in [-0.1, -0.05) is 22.0 Å². The first kappa shape index (κ1) is 18.8. The van der Waals surface area contributed by atoms with Crippen molar-refractivity contribution in [1.82, 2.24) is 4.98 Å². The highest BCUT2D eigenvalue weighted by atomic mass is 79.9. The van der Waals surface area contributed by atoms with Gasteiger partial charge in [0.05, 0.1) is 12.7 Å². The monoisotopic (exact) mass is 430 g/mol. The van der Waals surface area contributed by atoms with Crippen LogP contribution in [-0.2, 0) is 6.61 Å². The van der Waals surface area contributed by atoms with Crippen LogP contribution < -0.4 is 14.8 Å². The van der Waals surface area contributed by atoms with E-state index >= 15 is 0 Å². The van der Waals surface area contributed by atoms with Gasteiger partial charge in [-0.25, -0.2) is 4.39 Å². The zero-order valence-corrected chi connectivity index (χ0v) is 16.0. The lowest BCUT2D eigenvalue weighted by atomic mass is 10.2. The molecule has 0 aliphatic rings. The van der Waals surface area contributed by atoms with Crippen LogP contribution in [0.5, 0.6) is 11.5 Å². The van der Waals surface area contributed by atoms with Gasteiger partial charge in [0.25, 0.3) is 5.91 Å². The van der Waals surface area contributed by atoms with Crippen LogP contribution in [0.15, 0.2) is 65.4 Å². The second-order valence-corrected chi connectivity index (χ2v) is 6.51. The molecular weight excluding hydrogens is 415 g/mol. The summed E-state index contributed by atoms with van der Waals surface area (Å²) in [5.41, 5.74) is 1.30. The van der Waals surface area contributed by atoms with Crippen molar-refractivity contribution in [1.29, 1.82) is 0 Å². The molecule has 0 fully saturated rings. The summed E-state index contributed by atoms with van der Waals surface area (Å²) in [4.78, 5) is 16.4. The topological polar surface area (TPSA) is 60.5 Å². The van der Waals surface area contributed by atoms with Crippen molar-refractivity contribution in [2.75, 3.05) is 12.4 Å². The predicted octanol–water partition coefficient (Wildman–Crippen LogP) is 4.82. The van der Waals surface area contributed by atoms with Crippen LogP contribution in [0.25, 0.3) is 0 Å². The van der Waals surface area contributed by atoms with Gasteiger partial charge in [0.1, 0.15) is 12.4 Å². The molecule has 0 atom stereocenters. The first-order valence-corrected chi connectivity index (χ1v) is 8.82. The summed E-state index contributed by atoms with van der Waals surface area (Å²) in [6.07, 6.45) is 3.38. The lowest BCUT2D eigenvalue weighted by Gasteiger charge is -2.13. The van der Waals surface area contributed by atoms with Crippen LogP contribution in [-0.4, -0.2) is 18.0 Å². The van der Waals surface area contributed by atoms with Gasteiger partial charge in [-0.05, 0) is 36.4 Å². The molecular formula is C20H16BrFN2O3. The standard InChI is InChI=1S/C20H16BrFN2O3/c1-26-18-7-5-15(10-19(18)27-12-13-3-2-8-23-11-13)24-20(25)16-9-14(21)4-6-17(16)22/h2-11H,12H2,1H3,(H,24,25). The van der Waals surface area contributed by atoms with Crippen molar-refractivity contribution in [2.24, 2.45) is 0 Å².